The van der Waals surface area contributed by atoms with Crippen LogP contribution in [0.25, 0.3) is 0 Å². The molecule has 2 aromatic carbocycles. The molecule has 3 rings (SSSR count). The molecule has 1 aromatic heterocycles. The summed E-state index contributed by atoms with van der Waals surface area (Å²) in [4.78, 5) is 30.7. The third kappa shape index (κ3) is 7.32. The maximum atomic E-state index is 13.7. The van der Waals surface area contributed by atoms with Crippen molar-refractivity contribution in [2.75, 3.05) is 27.3 Å². The Balaban J connectivity index is 1.82. The van der Waals surface area contributed by atoms with Gasteiger partial charge in [0.25, 0.3) is 5.91 Å². The lowest BCUT2D eigenvalue weighted by molar-refractivity contribution is -0.133. The van der Waals surface area contributed by atoms with Crippen molar-refractivity contribution < 1.29 is 19.1 Å². The molecule has 0 unspecified atom stereocenters. The number of methoxy groups -OCH3 is 2. The summed E-state index contributed by atoms with van der Waals surface area (Å²) < 4.78 is 12.8. The number of benzene rings is 2. The second kappa shape index (κ2) is 13.4. The average Bonchev–Trinajstić information content (AvgIpc) is 3.33. The third-order valence-corrected chi connectivity index (χ3v) is 6.71. The summed E-state index contributed by atoms with van der Waals surface area (Å²) in [5.41, 5.74) is 2.40. The van der Waals surface area contributed by atoms with Crippen molar-refractivity contribution in [2.24, 2.45) is 5.92 Å². The number of rotatable bonds is 12. The van der Waals surface area contributed by atoms with Gasteiger partial charge in [-0.3, -0.25) is 9.59 Å². The van der Waals surface area contributed by atoms with Crippen LogP contribution in [0.4, 0.5) is 0 Å². The number of hydrogen-bond acceptors (Lipinski definition) is 4. The monoisotopic (exact) mass is 539 g/mol. The van der Waals surface area contributed by atoms with Crippen LogP contribution >= 0.6 is 11.6 Å². The van der Waals surface area contributed by atoms with Gasteiger partial charge in [0, 0.05) is 42.1 Å². The Hall–Kier alpha value is -3.45. The van der Waals surface area contributed by atoms with Gasteiger partial charge in [-0.2, -0.15) is 0 Å². The van der Waals surface area contributed by atoms with Crippen LogP contribution in [0.3, 0.4) is 0 Å². The normalized spacial score (nSPS) is 11.1. The molecule has 3 aromatic rings. The fourth-order valence-corrected chi connectivity index (χ4v) is 4.51. The summed E-state index contributed by atoms with van der Waals surface area (Å²) in [6.45, 7) is 9.55. The van der Waals surface area contributed by atoms with Gasteiger partial charge in [-0.05, 0) is 55.7 Å². The molecule has 0 aliphatic carbocycles. The Morgan fingerprint density at radius 2 is 1.71 bits per heavy atom. The van der Waals surface area contributed by atoms with E-state index in [1.165, 1.54) is 7.11 Å². The molecule has 7 nitrogen and oxygen atoms in total. The standard InChI is InChI=1S/C30H38ClN3O4/c1-21(2)17-33(19-24-11-9-15-32(24)18-23-10-7-8-12-27(23)31)29(35)20-34(22(3)4)30(36)26-14-13-25(37-5)16-28(26)38-6/h7-16,21-22H,17-20H2,1-6H3. The minimum Gasteiger partial charge on any atom is -0.497 e. The van der Waals surface area contributed by atoms with Crippen molar-refractivity contribution >= 4 is 23.4 Å². The predicted octanol–water partition coefficient (Wildman–Crippen LogP) is 5.74. The van der Waals surface area contributed by atoms with Crippen LogP contribution in [0.5, 0.6) is 11.5 Å². The second-order valence-corrected chi connectivity index (χ2v) is 10.4. The molecule has 38 heavy (non-hydrogen) atoms. The van der Waals surface area contributed by atoms with E-state index in [4.69, 9.17) is 21.1 Å². The number of aromatic nitrogens is 1. The van der Waals surface area contributed by atoms with Gasteiger partial charge in [0.2, 0.25) is 5.91 Å². The van der Waals surface area contributed by atoms with Crippen molar-refractivity contribution in [1.82, 2.24) is 14.4 Å². The summed E-state index contributed by atoms with van der Waals surface area (Å²) in [5, 5.41) is 0.710. The Morgan fingerprint density at radius 1 is 0.974 bits per heavy atom. The highest BCUT2D eigenvalue weighted by molar-refractivity contribution is 6.31. The molecule has 1 heterocycles. The second-order valence-electron chi connectivity index (χ2n) is 9.98. The van der Waals surface area contributed by atoms with Crippen molar-refractivity contribution in [1.29, 1.82) is 0 Å². The predicted molar refractivity (Wildman–Crippen MR) is 151 cm³/mol. The highest BCUT2D eigenvalue weighted by atomic mass is 35.5. The number of halogens is 1. The maximum absolute atomic E-state index is 13.7. The summed E-state index contributed by atoms with van der Waals surface area (Å²) in [7, 11) is 3.07. The van der Waals surface area contributed by atoms with E-state index >= 15 is 0 Å². The molecule has 8 heteroatoms. The molecule has 0 fully saturated rings. The van der Waals surface area contributed by atoms with E-state index in [2.05, 4.69) is 18.4 Å². The lowest BCUT2D eigenvalue weighted by atomic mass is 10.1. The molecule has 0 saturated carbocycles. The summed E-state index contributed by atoms with van der Waals surface area (Å²) in [6.07, 6.45) is 2.00. The first-order valence-electron chi connectivity index (χ1n) is 12.8. The molecular formula is C30H38ClN3O4. The zero-order chi connectivity index (χ0) is 27.8. The van der Waals surface area contributed by atoms with Gasteiger partial charge >= 0.3 is 0 Å². The Morgan fingerprint density at radius 3 is 2.34 bits per heavy atom. The van der Waals surface area contributed by atoms with E-state index in [1.54, 1.807) is 30.2 Å². The van der Waals surface area contributed by atoms with Crippen molar-refractivity contribution in [3.63, 3.8) is 0 Å². The minimum atomic E-state index is -0.264. The van der Waals surface area contributed by atoms with Gasteiger partial charge in [-0.25, -0.2) is 0 Å². The molecule has 0 bridgehead atoms. The molecular weight excluding hydrogens is 502 g/mol. The highest BCUT2D eigenvalue weighted by Crippen LogP contribution is 2.26. The fraction of sp³-hybridized carbons (Fsp3) is 0.400. The molecule has 0 atom stereocenters. The molecule has 0 N–H and O–H groups in total. The summed E-state index contributed by atoms with van der Waals surface area (Å²) >= 11 is 6.39. The first kappa shape index (κ1) is 29.1. The van der Waals surface area contributed by atoms with E-state index < -0.39 is 0 Å². The van der Waals surface area contributed by atoms with Crippen LogP contribution in [0.1, 0.15) is 49.3 Å². The van der Waals surface area contributed by atoms with E-state index in [0.717, 1.165) is 11.3 Å². The largest absolute Gasteiger partial charge is 0.497 e. The first-order chi connectivity index (χ1) is 18.1. The maximum Gasteiger partial charge on any atom is 0.258 e. The lowest BCUT2D eigenvalue weighted by Gasteiger charge is -2.31. The quantitative estimate of drug-likeness (QED) is 0.294. The Kier molecular flexibility index (Phi) is 10.2. The van der Waals surface area contributed by atoms with Crippen molar-refractivity contribution in [3.05, 3.63) is 82.6 Å². The van der Waals surface area contributed by atoms with Crippen LogP contribution in [0.2, 0.25) is 5.02 Å². The van der Waals surface area contributed by atoms with Crippen LogP contribution in [-0.2, 0) is 17.9 Å². The van der Waals surface area contributed by atoms with Gasteiger partial charge in [-0.1, -0.05) is 43.6 Å². The van der Waals surface area contributed by atoms with Crippen LogP contribution in [0, 0.1) is 5.92 Å². The minimum absolute atomic E-state index is 0.0381. The molecule has 204 valence electrons. The van der Waals surface area contributed by atoms with E-state index in [1.807, 2.05) is 61.3 Å². The molecule has 0 saturated heterocycles. The van der Waals surface area contributed by atoms with Crippen molar-refractivity contribution in [2.45, 2.75) is 46.8 Å². The molecule has 0 aliphatic heterocycles. The SMILES string of the molecule is COc1ccc(C(=O)N(CC(=O)N(Cc2cccn2Cc2ccccc2Cl)CC(C)C)C(C)C)c(OC)c1. The number of amides is 2. The Labute approximate surface area is 230 Å². The Bertz CT molecular complexity index is 1240. The highest BCUT2D eigenvalue weighted by Gasteiger charge is 2.27. The number of carbonyl (C=O) groups is 2. The smallest absolute Gasteiger partial charge is 0.258 e. The third-order valence-electron chi connectivity index (χ3n) is 6.34. The molecule has 0 radical (unpaired) electrons. The lowest BCUT2D eigenvalue weighted by Crippen LogP contribution is -2.46. The van der Waals surface area contributed by atoms with E-state index in [0.29, 0.717) is 41.7 Å². The van der Waals surface area contributed by atoms with Crippen LogP contribution < -0.4 is 9.47 Å². The van der Waals surface area contributed by atoms with Gasteiger partial charge < -0.3 is 23.8 Å². The van der Waals surface area contributed by atoms with Crippen molar-refractivity contribution in [3.8, 4) is 11.5 Å². The molecule has 0 aliphatic rings. The number of nitrogens with zero attached hydrogens (tertiary/aromatic N) is 3. The summed E-state index contributed by atoms with van der Waals surface area (Å²) in [6, 6.07) is 16.6. The molecule has 0 spiro atoms. The topological polar surface area (TPSA) is 64.0 Å². The van der Waals surface area contributed by atoms with Gasteiger partial charge in [-0.15, -0.1) is 0 Å². The number of ether oxygens (including phenoxy) is 2. The first-order valence-corrected chi connectivity index (χ1v) is 13.2. The fourth-order valence-electron chi connectivity index (χ4n) is 4.31. The number of carbonyl (C=O) groups excluding carboxylic acids is 2. The summed E-state index contributed by atoms with van der Waals surface area (Å²) in [5.74, 6) is 0.881. The van der Waals surface area contributed by atoms with E-state index in [-0.39, 0.29) is 30.3 Å². The zero-order valence-electron chi connectivity index (χ0n) is 23.1. The van der Waals surface area contributed by atoms with Crippen LogP contribution in [0.15, 0.2) is 60.8 Å². The van der Waals surface area contributed by atoms with E-state index in [9.17, 15) is 9.59 Å². The zero-order valence-corrected chi connectivity index (χ0v) is 23.9. The average molecular weight is 540 g/mol. The van der Waals surface area contributed by atoms with Gasteiger partial charge in [0.1, 0.15) is 18.0 Å². The number of hydrogen-bond donors (Lipinski definition) is 0. The molecule has 2 amide bonds. The van der Waals surface area contributed by atoms with Crippen LogP contribution in [-0.4, -0.2) is 59.5 Å². The van der Waals surface area contributed by atoms with Gasteiger partial charge in [0.15, 0.2) is 0 Å². The van der Waals surface area contributed by atoms with Gasteiger partial charge in [0.05, 0.1) is 26.3 Å².